The Labute approximate surface area is 166 Å². The van der Waals surface area contributed by atoms with Gasteiger partial charge in [0.15, 0.2) is 6.61 Å². The Morgan fingerprint density at radius 3 is 2.52 bits per heavy atom. The second-order valence-electron chi connectivity index (χ2n) is 6.50. The van der Waals surface area contributed by atoms with E-state index in [9.17, 15) is 4.79 Å². The number of rotatable bonds is 4. The van der Waals surface area contributed by atoms with Crippen LogP contribution in [-0.4, -0.2) is 48.6 Å². The van der Waals surface area contributed by atoms with Gasteiger partial charge in [-0.05, 0) is 51.0 Å². The van der Waals surface area contributed by atoms with E-state index in [1.165, 1.54) is 0 Å². The summed E-state index contributed by atoms with van der Waals surface area (Å²) in [5.74, 6) is 1.68. The molecule has 0 N–H and O–H groups in total. The molecule has 3 aromatic rings. The Morgan fingerprint density at radius 1 is 1.00 bits per heavy atom. The summed E-state index contributed by atoms with van der Waals surface area (Å²) >= 11 is 3.40. The molecule has 2 heterocycles. The summed E-state index contributed by atoms with van der Waals surface area (Å²) in [6, 6.07) is 18.0. The van der Waals surface area contributed by atoms with Crippen LogP contribution in [0.2, 0.25) is 0 Å². The van der Waals surface area contributed by atoms with E-state index < -0.39 is 0 Å². The molecule has 1 aliphatic heterocycles. The summed E-state index contributed by atoms with van der Waals surface area (Å²) in [7, 11) is 0. The van der Waals surface area contributed by atoms with Crippen LogP contribution in [0, 0.1) is 0 Å². The molecule has 1 fully saturated rings. The molecule has 1 aromatic heterocycles. The Morgan fingerprint density at radius 2 is 1.78 bits per heavy atom. The molecule has 1 saturated heterocycles. The van der Waals surface area contributed by atoms with E-state index in [4.69, 9.17) is 4.74 Å². The van der Waals surface area contributed by atoms with Crippen molar-refractivity contribution in [3.8, 4) is 5.75 Å². The molecule has 1 amide bonds. The van der Waals surface area contributed by atoms with Crippen molar-refractivity contribution in [2.75, 3.05) is 37.7 Å². The summed E-state index contributed by atoms with van der Waals surface area (Å²) < 4.78 is 6.70. The number of halogens is 1. The molecule has 5 nitrogen and oxygen atoms in total. The van der Waals surface area contributed by atoms with Gasteiger partial charge in [0.1, 0.15) is 11.6 Å². The number of benzene rings is 2. The average Bonchev–Trinajstić information content (AvgIpc) is 2.72. The van der Waals surface area contributed by atoms with Crippen LogP contribution in [0.1, 0.15) is 0 Å². The largest absolute Gasteiger partial charge is 0.484 e. The van der Waals surface area contributed by atoms with Crippen molar-refractivity contribution in [1.82, 2.24) is 9.88 Å². The SMILES string of the molecule is O=C(COc1ccc2ccccc2c1)N1CCN(c2ccc(Br)cn2)CC1. The van der Waals surface area contributed by atoms with Crippen LogP contribution in [0.5, 0.6) is 5.75 Å². The zero-order valence-corrected chi connectivity index (χ0v) is 16.4. The van der Waals surface area contributed by atoms with Crippen LogP contribution in [-0.2, 0) is 4.79 Å². The predicted molar refractivity (Wildman–Crippen MR) is 110 cm³/mol. The van der Waals surface area contributed by atoms with Gasteiger partial charge in [-0.3, -0.25) is 4.79 Å². The normalized spacial score (nSPS) is 14.4. The first-order valence-electron chi connectivity index (χ1n) is 8.95. The molecule has 4 rings (SSSR count). The third-order valence-electron chi connectivity index (χ3n) is 4.75. The van der Waals surface area contributed by atoms with Crippen molar-refractivity contribution in [3.63, 3.8) is 0 Å². The minimum absolute atomic E-state index is 0.0200. The maximum absolute atomic E-state index is 12.5. The van der Waals surface area contributed by atoms with E-state index in [1.807, 2.05) is 53.4 Å². The monoisotopic (exact) mass is 425 g/mol. The third-order valence-corrected chi connectivity index (χ3v) is 5.22. The number of ether oxygens (including phenoxy) is 1. The second kappa shape index (κ2) is 7.96. The highest BCUT2D eigenvalue weighted by Gasteiger charge is 2.22. The molecular formula is C21H20BrN3O2. The van der Waals surface area contributed by atoms with Gasteiger partial charge < -0.3 is 14.5 Å². The van der Waals surface area contributed by atoms with Gasteiger partial charge in [0.25, 0.3) is 5.91 Å². The van der Waals surface area contributed by atoms with Gasteiger partial charge in [-0.25, -0.2) is 4.98 Å². The highest BCUT2D eigenvalue weighted by molar-refractivity contribution is 9.10. The molecule has 0 saturated carbocycles. The van der Waals surface area contributed by atoms with Crippen molar-refractivity contribution >= 4 is 38.4 Å². The first-order chi connectivity index (χ1) is 13.2. The fourth-order valence-corrected chi connectivity index (χ4v) is 3.47. The highest BCUT2D eigenvalue weighted by Crippen LogP contribution is 2.21. The summed E-state index contributed by atoms with van der Waals surface area (Å²) in [4.78, 5) is 21.0. The molecule has 0 bridgehead atoms. The number of carbonyl (C=O) groups excluding carboxylic acids is 1. The second-order valence-corrected chi connectivity index (χ2v) is 7.42. The number of anilines is 1. The Hall–Kier alpha value is -2.60. The molecule has 2 aromatic carbocycles. The zero-order chi connectivity index (χ0) is 18.6. The van der Waals surface area contributed by atoms with E-state index >= 15 is 0 Å². The van der Waals surface area contributed by atoms with Gasteiger partial charge in [0.2, 0.25) is 0 Å². The van der Waals surface area contributed by atoms with Gasteiger partial charge in [-0.2, -0.15) is 0 Å². The van der Waals surface area contributed by atoms with Crippen LogP contribution in [0.15, 0.2) is 65.3 Å². The smallest absolute Gasteiger partial charge is 0.260 e. The quantitative estimate of drug-likeness (QED) is 0.638. The lowest BCUT2D eigenvalue weighted by Crippen LogP contribution is -2.50. The van der Waals surface area contributed by atoms with E-state index in [-0.39, 0.29) is 12.5 Å². The third kappa shape index (κ3) is 4.22. The number of fused-ring (bicyclic) bond motifs is 1. The lowest BCUT2D eigenvalue weighted by molar-refractivity contribution is -0.133. The number of nitrogens with zero attached hydrogens (tertiary/aromatic N) is 3. The molecule has 0 spiro atoms. The van der Waals surface area contributed by atoms with Crippen molar-refractivity contribution < 1.29 is 9.53 Å². The van der Waals surface area contributed by atoms with Crippen LogP contribution in [0.25, 0.3) is 10.8 Å². The Kier molecular flexibility index (Phi) is 5.25. The standard InChI is InChI=1S/C21H20BrN3O2/c22-18-6-8-20(23-14-18)24-9-11-25(12-10-24)21(26)15-27-19-7-5-16-3-1-2-4-17(16)13-19/h1-8,13-14H,9-12,15H2. The van der Waals surface area contributed by atoms with E-state index in [1.54, 1.807) is 6.20 Å². The first-order valence-corrected chi connectivity index (χ1v) is 9.74. The fraction of sp³-hybridized carbons (Fsp3) is 0.238. The van der Waals surface area contributed by atoms with Crippen molar-refractivity contribution in [1.29, 1.82) is 0 Å². The fourth-order valence-electron chi connectivity index (χ4n) is 3.23. The highest BCUT2D eigenvalue weighted by atomic mass is 79.9. The van der Waals surface area contributed by atoms with Crippen molar-refractivity contribution in [3.05, 3.63) is 65.3 Å². The van der Waals surface area contributed by atoms with Gasteiger partial charge in [0, 0.05) is 36.8 Å². The van der Waals surface area contributed by atoms with E-state index in [0.29, 0.717) is 13.1 Å². The molecule has 6 heteroatoms. The number of piperazine rings is 1. The van der Waals surface area contributed by atoms with Crippen LogP contribution < -0.4 is 9.64 Å². The van der Waals surface area contributed by atoms with Crippen molar-refractivity contribution in [2.24, 2.45) is 0 Å². The number of carbonyl (C=O) groups is 1. The predicted octanol–water partition coefficient (Wildman–Crippen LogP) is 3.72. The number of aromatic nitrogens is 1. The van der Waals surface area contributed by atoms with E-state index in [0.717, 1.165) is 39.9 Å². The van der Waals surface area contributed by atoms with Crippen molar-refractivity contribution in [2.45, 2.75) is 0 Å². The zero-order valence-electron chi connectivity index (χ0n) is 14.8. The maximum Gasteiger partial charge on any atom is 0.260 e. The van der Waals surface area contributed by atoms with Gasteiger partial charge >= 0.3 is 0 Å². The summed E-state index contributed by atoms with van der Waals surface area (Å²) in [5, 5.41) is 2.27. The minimum atomic E-state index is 0.0200. The number of hydrogen-bond donors (Lipinski definition) is 0. The number of pyridine rings is 1. The van der Waals surface area contributed by atoms with Crippen LogP contribution in [0.4, 0.5) is 5.82 Å². The molecule has 0 radical (unpaired) electrons. The summed E-state index contributed by atoms with van der Waals surface area (Å²) in [6.07, 6.45) is 1.80. The molecule has 1 aliphatic rings. The summed E-state index contributed by atoms with van der Waals surface area (Å²) in [6.45, 7) is 2.97. The molecular weight excluding hydrogens is 406 g/mol. The number of amides is 1. The topological polar surface area (TPSA) is 45.7 Å². The minimum Gasteiger partial charge on any atom is -0.484 e. The maximum atomic E-state index is 12.5. The molecule has 138 valence electrons. The average molecular weight is 426 g/mol. The lowest BCUT2D eigenvalue weighted by Gasteiger charge is -2.35. The Bertz CT molecular complexity index is 938. The lowest BCUT2D eigenvalue weighted by atomic mass is 10.1. The Balaban J connectivity index is 1.30. The molecule has 0 unspecified atom stereocenters. The van der Waals surface area contributed by atoms with Gasteiger partial charge in [0.05, 0.1) is 0 Å². The van der Waals surface area contributed by atoms with Crippen LogP contribution >= 0.6 is 15.9 Å². The number of hydrogen-bond acceptors (Lipinski definition) is 4. The molecule has 27 heavy (non-hydrogen) atoms. The van der Waals surface area contributed by atoms with Gasteiger partial charge in [-0.1, -0.05) is 30.3 Å². The van der Waals surface area contributed by atoms with E-state index in [2.05, 4.69) is 31.9 Å². The molecule has 0 atom stereocenters. The van der Waals surface area contributed by atoms with Gasteiger partial charge in [-0.15, -0.1) is 0 Å². The first kappa shape index (κ1) is 17.8. The summed E-state index contributed by atoms with van der Waals surface area (Å²) in [5.41, 5.74) is 0. The molecule has 0 aliphatic carbocycles. The van der Waals surface area contributed by atoms with Crippen LogP contribution in [0.3, 0.4) is 0 Å².